The van der Waals surface area contributed by atoms with Crippen LogP contribution in [-0.2, 0) is 4.79 Å². The molecule has 28 heavy (non-hydrogen) atoms. The first-order valence-corrected chi connectivity index (χ1v) is 11.3. The van der Waals surface area contributed by atoms with E-state index >= 15 is 0 Å². The highest BCUT2D eigenvalue weighted by atomic mass is 16.2. The Bertz CT molecular complexity index is 606. The molecule has 154 valence electrons. The summed E-state index contributed by atoms with van der Waals surface area (Å²) in [7, 11) is 0. The molecule has 0 spiro atoms. The summed E-state index contributed by atoms with van der Waals surface area (Å²) in [4.78, 5) is 22.6. The number of piperazine rings is 1. The van der Waals surface area contributed by atoms with Gasteiger partial charge in [0.05, 0.1) is 6.54 Å². The van der Waals surface area contributed by atoms with E-state index < -0.39 is 0 Å². The highest BCUT2D eigenvalue weighted by molar-refractivity contribution is 5.78. The van der Waals surface area contributed by atoms with Crippen molar-refractivity contribution in [2.24, 2.45) is 0 Å². The summed E-state index contributed by atoms with van der Waals surface area (Å²) in [6.45, 7) is 9.10. The molecule has 0 aromatic heterocycles. The van der Waals surface area contributed by atoms with E-state index in [-0.39, 0.29) is 0 Å². The van der Waals surface area contributed by atoms with Gasteiger partial charge in [-0.05, 0) is 50.9 Å². The van der Waals surface area contributed by atoms with Gasteiger partial charge in [0.25, 0.3) is 0 Å². The molecular weight excluding hydrogens is 348 g/mol. The summed E-state index contributed by atoms with van der Waals surface area (Å²) >= 11 is 0. The molecule has 5 nitrogen and oxygen atoms in total. The largest absolute Gasteiger partial charge is 0.369 e. The van der Waals surface area contributed by atoms with Crippen LogP contribution in [0.15, 0.2) is 30.3 Å². The van der Waals surface area contributed by atoms with E-state index in [0.29, 0.717) is 18.5 Å². The Morgan fingerprint density at radius 1 is 0.821 bits per heavy atom. The Labute approximate surface area is 170 Å². The van der Waals surface area contributed by atoms with Crippen molar-refractivity contribution in [1.82, 2.24) is 14.7 Å². The lowest BCUT2D eigenvalue weighted by molar-refractivity contribution is -0.134. The zero-order chi connectivity index (χ0) is 19.2. The summed E-state index contributed by atoms with van der Waals surface area (Å²) in [5, 5.41) is 0. The number of carbonyl (C=O) groups is 1. The lowest BCUT2D eigenvalue weighted by atomic mass is 10.0. The second-order valence-electron chi connectivity index (χ2n) is 8.68. The molecule has 0 radical (unpaired) electrons. The Morgan fingerprint density at radius 2 is 1.54 bits per heavy atom. The molecule has 0 bridgehead atoms. The quantitative estimate of drug-likeness (QED) is 0.798. The summed E-state index contributed by atoms with van der Waals surface area (Å²) in [5.41, 5.74) is 1.33. The van der Waals surface area contributed by atoms with Gasteiger partial charge in [0, 0.05) is 51.0 Å². The molecule has 1 amide bonds. The number of para-hydroxylation sites is 1. The van der Waals surface area contributed by atoms with Gasteiger partial charge in [-0.3, -0.25) is 14.6 Å². The molecule has 1 aromatic carbocycles. The lowest BCUT2D eigenvalue weighted by Crippen LogP contribution is -2.56. The SMILES string of the molecule is O=C(CN1CCCCCC1)N1CCCC(N2CCN(c3ccccc3)CC2)C1. The second kappa shape index (κ2) is 9.75. The van der Waals surface area contributed by atoms with Gasteiger partial charge < -0.3 is 9.80 Å². The van der Waals surface area contributed by atoms with E-state index in [4.69, 9.17) is 0 Å². The van der Waals surface area contributed by atoms with Gasteiger partial charge in [0.1, 0.15) is 0 Å². The fourth-order valence-electron chi connectivity index (χ4n) is 5.05. The summed E-state index contributed by atoms with van der Waals surface area (Å²) < 4.78 is 0. The maximum Gasteiger partial charge on any atom is 0.236 e. The average Bonchev–Trinajstić information content (AvgIpc) is 3.03. The first-order chi connectivity index (χ1) is 13.8. The number of carbonyl (C=O) groups excluding carboxylic acids is 1. The van der Waals surface area contributed by atoms with Crippen LogP contribution in [0.5, 0.6) is 0 Å². The van der Waals surface area contributed by atoms with Crippen LogP contribution < -0.4 is 4.90 Å². The maximum absolute atomic E-state index is 12.9. The number of hydrogen-bond donors (Lipinski definition) is 0. The average molecular weight is 385 g/mol. The van der Waals surface area contributed by atoms with E-state index in [1.807, 2.05) is 0 Å². The first-order valence-electron chi connectivity index (χ1n) is 11.3. The molecule has 1 atom stereocenters. The molecule has 3 aliphatic heterocycles. The molecule has 0 aliphatic carbocycles. The molecular formula is C23H36N4O. The Balaban J connectivity index is 1.26. The van der Waals surface area contributed by atoms with Crippen LogP contribution in [0.1, 0.15) is 38.5 Å². The van der Waals surface area contributed by atoms with E-state index in [9.17, 15) is 4.79 Å². The van der Waals surface area contributed by atoms with Crippen LogP contribution in [-0.4, -0.2) is 85.6 Å². The zero-order valence-electron chi connectivity index (χ0n) is 17.3. The fourth-order valence-corrected chi connectivity index (χ4v) is 5.05. The van der Waals surface area contributed by atoms with Gasteiger partial charge in [-0.25, -0.2) is 0 Å². The number of likely N-dealkylation sites (tertiary alicyclic amines) is 2. The van der Waals surface area contributed by atoms with Crippen LogP contribution in [0.4, 0.5) is 5.69 Å². The third-order valence-corrected chi connectivity index (χ3v) is 6.76. The smallest absolute Gasteiger partial charge is 0.236 e. The van der Waals surface area contributed by atoms with E-state index in [1.165, 1.54) is 37.8 Å². The van der Waals surface area contributed by atoms with Crippen molar-refractivity contribution in [3.8, 4) is 0 Å². The standard InChI is InChI=1S/C23H36N4O/c28-23(20-24-12-6-1-2-7-13-24)27-14-8-11-22(19-27)26-17-15-25(16-18-26)21-9-4-3-5-10-21/h3-5,9-10,22H,1-2,6-8,11-20H2. The summed E-state index contributed by atoms with van der Waals surface area (Å²) in [6.07, 6.45) is 7.54. The number of benzene rings is 1. The van der Waals surface area contributed by atoms with Gasteiger partial charge in [0.2, 0.25) is 5.91 Å². The van der Waals surface area contributed by atoms with Crippen LogP contribution in [0.3, 0.4) is 0 Å². The van der Waals surface area contributed by atoms with Crippen LogP contribution in [0, 0.1) is 0 Å². The Morgan fingerprint density at radius 3 is 2.25 bits per heavy atom. The first kappa shape index (κ1) is 19.7. The normalized spacial score (nSPS) is 25.5. The third kappa shape index (κ3) is 5.06. The molecule has 1 unspecified atom stereocenters. The van der Waals surface area contributed by atoms with Crippen molar-refractivity contribution < 1.29 is 4.79 Å². The number of nitrogens with zero attached hydrogens (tertiary/aromatic N) is 4. The molecule has 4 rings (SSSR count). The topological polar surface area (TPSA) is 30.0 Å². The molecule has 0 saturated carbocycles. The summed E-state index contributed by atoms with van der Waals surface area (Å²) in [5.74, 6) is 0.356. The minimum Gasteiger partial charge on any atom is -0.369 e. The molecule has 5 heteroatoms. The van der Waals surface area contributed by atoms with Crippen molar-refractivity contribution >= 4 is 11.6 Å². The summed E-state index contributed by atoms with van der Waals surface area (Å²) in [6, 6.07) is 11.3. The van der Waals surface area contributed by atoms with Crippen molar-refractivity contribution in [2.45, 2.75) is 44.6 Å². The second-order valence-corrected chi connectivity index (χ2v) is 8.68. The minimum atomic E-state index is 0.356. The fraction of sp³-hybridized carbons (Fsp3) is 0.696. The highest BCUT2D eigenvalue weighted by Crippen LogP contribution is 2.21. The maximum atomic E-state index is 12.9. The number of amides is 1. The predicted molar refractivity (Wildman–Crippen MR) is 115 cm³/mol. The lowest BCUT2D eigenvalue weighted by Gasteiger charge is -2.44. The van der Waals surface area contributed by atoms with Crippen molar-refractivity contribution in [3.63, 3.8) is 0 Å². The molecule has 3 aliphatic rings. The van der Waals surface area contributed by atoms with Crippen molar-refractivity contribution in [3.05, 3.63) is 30.3 Å². The number of hydrogen-bond acceptors (Lipinski definition) is 4. The van der Waals surface area contributed by atoms with Gasteiger partial charge in [-0.15, -0.1) is 0 Å². The Kier molecular flexibility index (Phi) is 6.86. The molecule has 0 N–H and O–H groups in total. The monoisotopic (exact) mass is 384 g/mol. The number of anilines is 1. The van der Waals surface area contributed by atoms with Crippen LogP contribution in [0.25, 0.3) is 0 Å². The van der Waals surface area contributed by atoms with Crippen molar-refractivity contribution in [2.75, 3.05) is 63.8 Å². The van der Waals surface area contributed by atoms with Gasteiger partial charge in [-0.1, -0.05) is 31.0 Å². The molecule has 3 heterocycles. The van der Waals surface area contributed by atoms with Crippen LogP contribution >= 0.6 is 0 Å². The van der Waals surface area contributed by atoms with Gasteiger partial charge >= 0.3 is 0 Å². The number of rotatable bonds is 4. The van der Waals surface area contributed by atoms with Gasteiger partial charge in [-0.2, -0.15) is 0 Å². The predicted octanol–water partition coefficient (Wildman–Crippen LogP) is 2.68. The molecule has 3 saturated heterocycles. The third-order valence-electron chi connectivity index (χ3n) is 6.76. The zero-order valence-corrected chi connectivity index (χ0v) is 17.3. The molecule has 1 aromatic rings. The van der Waals surface area contributed by atoms with E-state index in [2.05, 4.69) is 49.9 Å². The minimum absolute atomic E-state index is 0.356. The van der Waals surface area contributed by atoms with E-state index in [1.54, 1.807) is 0 Å². The van der Waals surface area contributed by atoms with Gasteiger partial charge in [0.15, 0.2) is 0 Å². The highest BCUT2D eigenvalue weighted by Gasteiger charge is 2.30. The Hall–Kier alpha value is -1.59. The van der Waals surface area contributed by atoms with Crippen molar-refractivity contribution in [1.29, 1.82) is 0 Å². The molecule has 3 fully saturated rings. The number of piperidine rings is 1. The van der Waals surface area contributed by atoms with Crippen LogP contribution in [0.2, 0.25) is 0 Å². The van der Waals surface area contributed by atoms with E-state index in [0.717, 1.165) is 58.8 Å².